The Morgan fingerprint density at radius 2 is 0.639 bits per heavy atom. The zero-order valence-corrected chi connectivity index (χ0v) is 79.9. The molecule has 0 bridgehead atoms. The minimum absolute atomic E-state index is 0.0417. The molecule has 1 N–H and O–H groups in total. The summed E-state index contributed by atoms with van der Waals surface area (Å²) in [6.07, 6.45) is 2.17. The van der Waals surface area contributed by atoms with Crippen LogP contribution in [0.15, 0.2) is 221 Å². The summed E-state index contributed by atoms with van der Waals surface area (Å²) in [5.74, 6) is -3.04. The smallest absolute Gasteiger partial charge is 0.347 e. The number of ketones is 4. The molecule has 119 heavy (non-hydrogen) atoms. The molecule has 7 aromatic rings. The van der Waals surface area contributed by atoms with Crippen LogP contribution in [-0.4, -0.2) is 79.8 Å². The second kappa shape index (κ2) is 44.3. The molecule has 0 aliphatic carbocycles. The summed E-state index contributed by atoms with van der Waals surface area (Å²) in [5, 5.41) is 2.81. The summed E-state index contributed by atoms with van der Waals surface area (Å²) in [4.78, 5) is 129. The van der Waals surface area contributed by atoms with Crippen LogP contribution in [0.25, 0.3) is 9.69 Å². The van der Waals surface area contributed by atoms with E-state index >= 15 is 0 Å². The number of anilines is 1. The average Bonchev–Trinajstić information content (AvgIpc) is 1.64. The Morgan fingerprint density at radius 3 is 0.908 bits per heavy atom. The molecule has 1 amide bonds. The van der Waals surface area contributed by atoms with Crippen LogP contribution >= 0.6 is 141 Å². The van der Waals surface area contributed by atoms with Gasteiger partial charge in [-0.1, -0.05) is 246 Å². The fraction of sp³-hybridized carbons (Fsp3) is 0.286. The normalized spacial score (nSPS) is 13.1. The highest BCUT2D eigenvalue weighted by atomic mass is 32.2. The van der Waals surface area contributed by atoms with Crippen molar-refractivity contribution >= 4 is 200 Å². The molecule has 6 heterocycles. The van der Waals surface area contributed by atoms with E-state index in [0.717, 1.165) is 100 Å². The molecule has 0 atom stereocenters. The molecule has 6 aliphatic heterocycles. The SMILES string of the molecule is CC(=O)C(C(=O)Nc1ccccc1)=C1Sc2c(C)ccc(C)c2S1.CC(=O)C(C(=O)OC(C)C)=C1Sc2c(C)ccc(C)c2S1.CC(=O)C(C(C)=O)=C1Sc2c(C)ccc(C)c2S1.COC(=O)C(C(=O)OC)=C1Sc2c(C)ccc(C)c2S1.[C-]#[N+]C(C(=O)OCCC(C)C)=C1Sc2c(C)ccc(C)c2S1.[C-]#[N+]C=C1Sc2c(C)ccc(C)c2S1. The van der Waals surface area contributed by atoms with Gasteiger partial charge >= 0.3 is 23.9 Å². The van der Waals surface area contributed by atoms with Crippen molar-refractivity contribution in [2.45, 2.75) is 210 Å². The fourth-order valence-corrected chi connectivity index (χ4v) is 28.2. The summed E-state index contributed by atoms with van der Waals surface area (Å²) in [6.45, 7) is 52.6. The Bertz CT molecular complexity index is 5350. The number of hydrogen-bond acceptors (Lipinski definition) is 25. The van der Waals surface area contributed by atoms with Gasteiger partial charge in [0.2, 0.25) is 0 Å². The van der Waals surface area contributed by atoms with Crippen LogP contribution in [-0.2, 0) is 62.1 Å². The van der Waals surface area contributed by atoms with Crippen LogP contribution in [0, 0.1) is 102 Å². The number of nitrogens with zero attached hydrogens (tertiary/aromatic N) is 2. The largest absolute Gasteiger partial charge is 0.471 e. The number of aryl methyl sites for hydroxylation is 12. The molecule has 6 aliphatic rings. The molecule has 0 saturated heterocycles. The van der Waals surface area contributed by atoms with Gasteiger partial charge < -0.3 is 24.3 Å². The van der Waals surface area contributed by atoms with Crippen molar-refractivity contribution in [3.05, 3.63) is 252 Å². The second-order valence-electron chi connectivity index (χ2n) is 28.1. The maximum Gasteiger partial charge on any atom is 0.347 e. The number of hydrogen-bond donors (Lipinski definition) is 1. The second-order valence-corrected chi connectivity index (χ2v) is 42.0. The minimum atomic E-state index is -0.671. The lowest BCUT2D eigenvalue weighted by Crippen LogP contribution is -2.19. The first-order valence-corrected chi connectivity index (χ1v) is 47.0. The molecular weight excluding hydrogens is 1730 g/mol. The van der Waals surface area contributed by atoms with E-state index in [4.69, 9.17) is 22.6 Å². The Balaban J connectivity index is 0.000000179. The highest BCUT2D eigenvalue weighted by Gasteiger charge is 2.36. The lowest BCUT2D eigenvalue weighted by atomic mass is 10.1. The lowest BCUT2D eigenvalue weighted by molar-refractivity contribution is -0.145. The first-order chi connectivity index (χ1) is 56.3. The molecule has 0 fully saturated rings. The third kappa shape index (κ3) is 24.6. The number of nitrogens with one attached hydrogen (secondary N) is 1. The van der Waals surface area contributed by atoms with E-state index in [1.54, 1.807) is 79.2 Å². The van der Waals surface area contributed by atoms with Crippen molar-refractivity contribution in [2.75, 3.05) is 26.1 Å². The summed E-state index contributed by atoms with van der Waals surface area (Å²) in [7, 11) is 2.50. The van der Waals surface area contributed by atoms with Crippen molar-refractivity contribution < 1.29 is 62.1 Å². The standard InChI is InChI=1S/C19H17NO2S2.C17H19NO2S2.C16H18O3S2.C14H14O4S2.C14H14O2S2.C11H9NS2/c1-11-9-10-12(2)17-16(11)23-19(24-17)15(13(3)21)18(22)20-14-7-5-4-6-8-14;1-10(2)8-9-20-16(19)13(18-5)17-21-14-11(3)6-7-12(4)15(14)22-17;1-8(2)19-15(18)12(11(5)17)16-20-13-9(3)6-7-10(4)14(13)21-16;1-7-5-6-8(2)11-10(7)19-14(20-11)9(12(15)17-3)13(16)18-4;1-7-5-6-8(2)13-12(7)17-14(18-13)11(9(3)15)10(4)16;1-7-4-5-8(2)11-10(7)13-9(14-11)6-12-3/h4-10H,1-3H3,(H,20,22);6-7,10H,8-9H2,1-4H3;6-8H,1-5H3;5-6H,1-4H3;5-6H,1-4H3;4-6H,1-2H3. The average molecular weight is 1820 g/mol. The highest BCUT2D eigenvalue weighted by Crippen LogP contribution is 2.60. The Morgan fingerprint density at radius 1 is 0.361 bits per heavy atom. The molecule has 28 heteroatoms. The number of fused-ring (bicyclic) bond motifs is 6. The number of amides is 1. The molecule has 0 saturated carbocycles. The third-order valence-electron chi connectivity index (χ3n) is 17.8. The number of Topliss-reactive ketones (excluding diaryl/α,β-unsaturated/α-hetero) is 4. The molecule has 16 nitrogen and oxygen atoms in total. The number of para-hydroxylation sites is 1. The predicted octanol–water partition coefficient (Wildman–Crippen LogP) is 25.5. The van der Waals surface area contributed by atoms with E-state index in [-0.39, 0.29) is 57.6 Å². The molecular formula is C91H91N3O13S12. The summed E-state index contributed by atoms with van der Waals surface area (Å²) < 4.78 is 24.5. The zero-order chi connectivity index (χ0) is 87.7. The number of ether oxygens (including phenoxy) is 4. The van der Waals surface area contributed by atoms with Crippen molar-refractivity contribution in [3.63, 3.8) is 0 Å². The summed E-state index contributed by atoms with van der Waals surface area (Å²) >= 11 is 18.4. The van der Waals surface area contributed by atoms with Gasteiger partial charge in [0.15, 0.2) is 34.9 Å². The Labute approximate surface area is 749 Å². The van der Waals surface area contributed by atoms with Gasteiger partial charge in [-0.15, -0.1) is 0 Å². The van der Waals surface area contributed by atoms with Crippen LogP contribution in [0.5, 0.6) is 0 Å². The van der Waals surface area contributed by atoms with Crippen LogP contribution < -0.4 is 5.32 Å². The fourth-order valence-electron chi connectivity index (χ4n) is 11.3. The van der Waals surface area contributed by atoms with Gasteiger partial charge in [0.1, 0.15) is 11.1 Å². The molecule has 13 rings (SSSR count). The Kier molecular flexibility index (Phi) is 36.0. The van der Waals surface area contributed by atoms with Gasteiger partial charge in [-0.25, -0.2) is 24.1 Å². The molecule has 0 unspecified atom stereocenters. The lowest BCUT2D eigenvalue weighted by Gasteiger charge is -2.10. The van der Waals surface area contributed by atoms with E-state index in [2.05, 4.69) is 127 Å². The number of allylic oxidation sites excluding steroid dienone is 1. The number of rotatable bonds is 14. The zero-order valence-electron chi connectivity index (χ0n) is 70.1. The number of esters is 4. The highest BCUT2D eigenvalue weighted by molar-refractivity contribution is 8.27. The van der Waals surface area contributed by atoms with Crippen LogP contribution in [0.3, 0.4) is 0 Å². The van der Waals surface area contributed by atoms with Crippen molar-refractivity contribution in [1.82, 2.24) is 0 Å². The number of benzene rings is 7. The monoisotopic (exact) mass is 1820 g/mol. The van der Waals surface area contributed by atoms with E-state index in [0.29, 0.717) is 28.0 Å². The number of thioether (sulfide) groups is 12. The van der Waals surface area contributed by atoms with Gasteiger partial charge in [-0.2, -0.15) is 0 Å². The van der Waals surface area contributed by atoms with E-state index in [1.807, 2.05) is 85.7 Å². The number of carbonyl (C=O) groups is 9. The van der Waals surface area contributed by atoms with E-state index < -0.39 is 23.9 Å². The first-order valence-electron chi connectivity index (χ1n) is 37.2. The van der Waals surface area contributed by atoms with Crippen molar-refractivity contribution in [1.29, 1.82) is 0 Å². The molecule has 0 aromatic heterocycles. The Hall–Kier alpha value is -7.81. The van der Waals surface area contributed by atoms with Gasteiger partial charge in [0.05, 0.1) is 66.8 Å². The minimum Gasteiger partial charge on any atom is -0.471 e. The molecule has 0 radical (unpaired) electrons. The predicted molar refractivity (Wildman–Crippen MR) is 496 cm³/mol. The number of carbonyl (C=O) groups excluding carboxylic acids is 9. The molecule has 0 spiro atoms. The van der Waals surface area contributed by atoms with Crippen LogP contribution in [0.1, 0.15) is 129 Å². The van der Waals surface area contributed by atoms with Crippen molar-refractivity contribution in [2.24, 2.45) is 5.92 Å². The summed E-state index contributed by atoms with van der Waals surface area (Å²) in [6, 6.07) is 34.1. The maximum absolute atomic E-state index is 12.6. The third-order valence-corrected chi connectivity index (χ3v) is 34.8. The van der Waals surface area contributed by atoms with Gasteiger partial charge in [0, 0.05) is 68.7 Å². The van der Waals surface area contributed by atoms with E-state index in [1.165, 1.54) is 189 Å². The number of methoxy groups -OCH3 is 2. The van der Waals surface area contributed by atoms with Crippen LogP contribution in [0.4, 0.5) is 5.69 Å². The van der Waals surface area contributed by atoms with Crippen molar-refractivity contribution in [3.8, 4) is 0 Å². The quantitative estimate of drug-likeness (QED) is 0.0268. The van der Waals surface area contributed by atoms with Gasteiger partial charge in [-0.3, -0.25) is 28.8 Å². The van der Waals surface area contributed by atoms with Gasteiger partial charge in [-0.05, 0) is 216 Å². The van der Waals surface area contributed by atoms with Crippen LogP contribution in [0.2, 0.25) is 0 Å². The van der Waals surface area contributed by atoms with E-state index in [9.17, 15) is 43.2 Å². The molecule has 620 valence electrons. The topological polar surface area (TPSA) is 211 Å². The molecule has 7 aromatic carbocycles. The maximum atomic E-state index is 12.6. The first kappa shape index (κ1) is 96.6. The summed E-state index contributed by atoms with van der Waals surface area (Å²) in [5.41, 5.74) is 15.7. The van der Waals surface area contributed by atoms with Gasteiger partial charge in [0.25, 0.3) is 11.6 Å².